The van der Waals surface area contributed by atoms with Gasteiger partial charge in [-0.25, -0.2) is 9.97 Å². The van der Waals surface area contributed by atoms with E-state index in [9.17, 15) is 10.1 Å². The Kier molecular flexibility index (Phi) is 2.76. The molecule has 2 aromatic heterocycles. The Morgan fingerprint density at radius 1 is 1.47 bits per heavy atom. The molecule has 0 aliphatic carbocycles. The van der Waals surface area contributed by atoms with Gasteiger partial charge in [-0.1, -0.05) is 0 Å². The van der Waals surface area contributed by atoms with Gasteiger partial charge in [-0.2, -0.15) is 5.10 Å². The first-order valence-electron chi connectivity index (χ1n) is 4.66. The molecule has 0 unspecified atom stereocenters. The van der Waals surface area contributed by atoms with Crippen LogP contribution in [-0.2, 0) is 7.05 Å². The lowest BCUT2D eigenvalue weighted by molar-refractivity contribution is -0.385. The monoisotopic (exact) mass is 253 g/mol. The zero-order valence-electron chi connectivity index (χ0n) is 9.09. The Morgan fingerprint density at radius 3 is 2.71 bits per heavy atom. The van der Waals surface area contributed by atoms with Crippen molar-refractivity contribution in [3.05, 3.63) is 33.5 Å². The first kappa shape index (κ1) is 11.5. The molecule has 0 spiro atoms. The molecule has 0 radical (unpaired) electrons. The number of aromatic nitrogens is 4. The molecule has 0 atom stereocenters. The van der Waals surface area contributed by atoms with E-state index in [1.54, 1.807) is 13.2 Å². The van der Waals surface area contributed by atoms with Crippen LogP contribution in [0.2, 0.25) is 5.28 Å². The zero-order valence-corrected chi connectivity index (χ0v) is 9.84. The second kappa shape index (κ2) is 4.10. The van der Waals surface area contributed by atoms with E-state index in [2.05, 4.69) is 15.1 Å². The Balaban J connectivity index is 2.71. The molecular formula is C9H8ClN5O2. The summed E-state index contributed by atoms with van der Waals surface area (Å²) < 4.78 is 1.53. The van der Waals surface area contributed by atoms with E-state index in [0.29, 0.717) is 5.56 Å². The topological polar surface area (TPSA) is 86.7 Å². The third-order valence-electron chi connectivity index (χ3n) is 2.19. The largest absolute Gasteiger partial charge is 0.316 e. The van der Waals surface area contributed by atoms with Gasteiger partial charge in [-0.05, 0) is 18.5 Å². The van der Waals surface area contributed by atoms with Gasteiger partial charge >= 0.3 is 5.69 Å². The molecule has 2 heterocycles. The number of nitrogens with zero attached hydrogens (tertiary/aromatic N) is 5. The second-order valence-electron chi connectivity index (χ2n) is 3.44. The summed E-state index contributed by atoms with van der Waals surface area (Å²) in [4.78, 5) is 18.1. The molecule has 0 N–H and O–H groups in total. The summed E-state index contributed by atoms with van der Waals surface area (Å²) in [5, 5.41) is 14.9. The van der Waals surface area contributed by atoms with Gasteiger partial charge in [0.2, 0.25) is 5.28 Å². The first-order valence-corrected chi connectivity index (χ1v) is 5.04. The van der Waals surface area contributed by atoms with Crippen molar-refractivity contribution in [3.63, 3.8) is 0 Å². The van der Waals surface area contributed by atoms with Gasteiger partial charge in [0.05, 0.1) is 11.1 Å². The number of hydrogen-bond donors (Lipinski definition) is 0. The summed E-state index contributed by atoms with van der Waals surface area (Å²) in [5.74, 6) is 0. The molecule has 0 saturated carbocycles. The van der Waals surface area contributed by atoms with Crippen molar-refractivity contribution in [2.45, 2.75) is 6.92 Å². The molecule has 0 aromatic carbocycles. The van der Waals surface area contributed by atoms with Gasteiger partial charge in [-0.15, -0.1) is 0 Å². The summed E-state index contributed by atoms with van der Waals surface area (Å²) in [6, 6.07) is 0. The van der Waals surface area contributed by atoms with Gasteiger partial charge in [0.25, 0.3) is 0 Å². The smallest absolute Gasteiger partial charge is 0.275 e. The van der Waals surface area contributed by atoms with E-state index in [4.69, 9.17) is 11.6 Å². The van der Waals surface area contributed by atoms with Crippen molar-refractivity contribution in [2.75, 3.05) is 0 Å². The lowest BCUT2D eigenvalue weighted by atomic mass is 10.2. The Morgan fingerprint density at radius 2 is 2.18 bits per heavy atom. The van der Waals surface area contributed by atoms with Crippen molar-refractivity contribution < 1.29 is 4.92 Å². The molecule has 17 heavy (non-hydrogen) atoms. The average Bonchev–Trinajstić information content (AvgIpc) is 2.62. The summed E-state index contributed by atoms with van der Waals surface area (Å²) >= 11 is 5.71. The molecule has 8 heteroatoms. The van der Waals surface area contributed by atoms with Crippen LogP contribution < -0.4 is 0 Å². The number of halogens is 1. The van der Waals surface area contributed by atoms with Crippen LogP contribution in [0.3, 0.4) is 0 Å². The van der Waals surface area contributed by atoms with Crippen LogP contribution in [-0.4, -0.2) is 24.7 Å². The molecule has 2 aromatic rings. The molecular weight excluding hydrogens is 246 g/mol. The molecule has 7 nitrogen and oxygen atoms in total. The van der Waals surface area contributed by atoms with Crippen LogP contribution in [0.15, 0.2) is 12.4 Å². The number of aryl methyl sites for hydroxylation is 2. The molecule has 0 saturated heterocycles. The maximum Gasteiger partial charge on any atom is 0.316 e. The van der Waals surface area contributed by atoms with E-state index in [1.165, 1.54) is 17.8 Å². The maximum atomic E-state index is 11.0. The van der Waals surface area contributed by atoms with Gasteiger partial charge in [0, 0.05) is 18.8 Å². The van der Waals surface area contributed by atoms with E-state index < -0.39 is 4.92 Å². The first-order chi connectivity index (χ1) is 7.99. The Labute approximate surface area is 101 Å². The molecule has 0 bridgehead atoms. The summed E-state index contributed by atoms with van der Waals surface area (Å²) in [6.45, 7) is 1.52. The van der Waals surface area contributed by atoms with Gasteiger partial charge in [0.1, 0.15) is 5.69 Å². The van der Waals surface area contributed by atoms with E-state index in [1.807, 2.05) is 0 Å². The standard InChI is InChI=1S/C9H8ClN5O2/c1-5-8(15(16)17)7(13-9(10)12-5)6-3-11-14(2)4-6/h3-4H,1-2H3. The predicted octanol–water partition coefficient (Wildman–Crippen LogP) is 1.75. The molecule has 0 fully saturated rings. The van der Waals surface area contributed by atoms with E-state index >= 15 is 0 Å². The lowest BCUT2D eigenvalue weighted by Crippen LogP contribution is -2.00. The highest BCUT2D eigenvalue weighted by Gasteiger charge is 2.23. The highest BCUT2D eigenvalue weighted by Crippen LogP contribution is 2.30. The second-order valence-corrected chi connectivity index (χ2v) is 3.77. The minimum atomic E-state index is -0.520. The van der Waals surface area contributed by atoms with E-state index in [0.717, 1.165) is 0 Å². The third kappa shape index (κ3) is 2.09. The predicted molar refractivity (Wildman–Crippen MR) is 60.6 cm³/mol. The summed E-state index contributed by atoms with van der Waals surface area (Å²) in [7, 11) is 1.71. The fourth-order valence-electron chi connectivity index (χ4n) is 1.50. The summed E-state index contributed by atoms with van der Waals surface area (Å²) in [6.07, 6.45) is 3.12. The van der Waals surface area contributed by atoms with E-state index in [-0.39, 0.29) is 22.4 Å². The minimum Gasteiger partial charge on any atom is -0.275 e. The Hall–Kier alpha value is -2.02. The van der Waals surface area contributed by atoms with Crippen molar-refractivity contribution in [2.24, 2.45) is 7.05 Å². The zero-order chi connectivity index (χ0) is 12.6. The van der Waals surface area contributed by atoms with Crippen LogP contribution in [0.5, 0.6) is 0 Å². The molecule has 88 valence electrons. The fourth-order valence-corrected chi connectivity index (χ4v) is 1.71. The highest BCUT2D eigenvalue weighted by atomic mass is 35.5. The molecule has 0 amide bonds. The normalized spacial score (nSPS) is 10.5. The quantitative estimate of drug-likeness (QED) is 0.462. The Bertz CT molecular complexity index is 595. The van der Waals surface area contributed by atoms with Crippen LogP contribution >= 0.6 is 11.6 Å². The number of hydrogen-bond acceptors (Lipinski definition) is 5. The fraction of sp³-hybridized carbons (Fsp3) is 0.222. The average molecular weight is 254 g/mol. The van der Waals surface area contributed by atoms with Crippen LogP contribution in [0.4, 0.5) is 5.69 Å². The van der Waals surface area contributed by atoms with Gasteiger partial charge < -0.3 is 0 Å². The minimum absolute atomic E-state index is 0.0213. The van der Waals surface area contributed by atoms with Gasteiger partial charge in [-0.3, -0.25) is 14.8 Å². The molecule has 2 rings (SSSR count). The van der Waals surface area contributed by atoms with Crippen LogP contribution in [0, 0.1) is 17.0 Å². The molecule has 0 aliphatic rings. The number of rotatable bonds is 2. The van der Waals surface area contributed by atoms with Crippen LogP contribution in [0.1, 0.15) is 5.69 Å². The summed E-state index contributed by atoms with van der Waals surface area (Å²) in [5.41, 5.74) is 0.795. The highest BCUT2D eigenvalue weighted by molar-refractivity contribution is 6.28. The lowest BCUT2D eigenvalue weighted by Gasteiger charge is -2.02. The number of nitro groups is 1. The SMILES string of the molecule is Cc1nc(Cl)nc(-c2cnn(C)c2)c1[N+](=O)[O-]. The maximum absolute atomic E-state index is 11.0. The van der Waals surface area contributed by atoms with Crippen molar-refractivity contribution in [1.29, 1.82) is 0 Å². The van der Waals surface area contributed by atoms with Crippen molar-refractivity contribution in [1.82, 2.24) is 19.7 Å². The third-order valence-corrected chi connectivity index (χ3v) is 2.36. The van der Waals surface area contributed by atoms with Crippen LogP contribution in [0.25, 0.3) is 11.3 Å². The van der Waals surface area contributed by atoms with Crippen molar-refractivity contribution >= 4 is 17.3 Å². The molecule has 0 aliphatic heterocycles. The van der Waals surface area contributed by atoms with Gasteiger partial charge in [0.15, 0.2) is 5.69 Å². The van der Waals surface area contributed by atoms with Crippen molar-refractivity contribution in [3.8, 4) is 11.3 Å².